The average Bonchev–Trinajstić information content (AvgIpc) is 3.62. The van der Waals surface area contributed by atoms with E-state index in [-0.39, 0.29) is 28.7 Å². The van der Waals surface area contributed by atoms with Gasteiger partial charge >= 0.3 is 6.01 Å². The quantitative estimate of drug-likeness (QED) is 0.176. The number of ether oxygens (including phenoxy) is 2. The zero-order valence-electron chi connectivity index (χ0n) is 26.4. The fourth-order valence-corrected chi connectivity index (χ4v) is 7.23. The van der Waals surface area contributed by atoms with Gasteiger partial charge in [-0.05, 0) is 38.8 Å². The van der Waals surface area contributed by atoms with Gasteiger partial charge in [0.2, 0.25) is 5.91 Å². The highest BCUT2D eigenvalue weighted by atomic mass is 35.5. The minimum atomic E-state index is -0.693. The van der Waals surface area contributed by atoms with Gasteiger partial charge < -0.3 is 19.3 Å². The lowest BCUT2D eigenvalue weighted by atomic mass is 10.0. The molecular weight excluding hydrogens is 628 g/mol. The van der Waals surface area contributed by atoms with E-state index in [9.17, 15) is 9.18 Å². The van der Waals surface area contributed by atoms with Crippen molar-refractivity contribution in [1.29, 1.82) is 0 Å². The summed E-state index contributed by atoms with van der Waals surface area (Å²) in [4.78, 5) is 37.0. The minimum absolute atomic E-state index is 0.0624. The molecule has 3 saturated heterocycles. The average molecular weight is 664 g/mol. The van der Waals surface area contributed by atoms with Crippen molar-refractivity contribution in [2.75, 3.05) is 64.1 Å². The maximum absolute atomic E-state index is 16.6. The third-order valence-electron chi connectivity index (χ3n) is 9.51. The molecule has 2 bridgehead atoms. The first kappa shape index (κ1) is 31.6. The number of allylic oxidation sites excluding steroid dienone is 1. The zero-order chi connectivity index (χ0) is 32.7. The van der Waals surface area contributed by atoms with Crippen molar-refractivity contribution < 1.29 is 23.0 Å². The van der Waals surface area contributed by atoms with E-state index in [1.54, 1.807) is 36.5 Å². The molecule has 4 aromatic rings. The molecule has 10 nitrogen and oxygen atoms in total. The molecule has 6 heterocycles. The van der Waals surface area contributed by atoms with E-state index < -0.39 is 12.5 Å². The number of hydrogen-bond donors (Lipinski definition) is 0. The van der Waals surface area contributed by atoms with Crippen LogP contribution in [0.5, 0.6) is 6.01 Å². The number of anilines is 1. The predicted molar refractivity (Wildman–Crippen MR) is 176 cm³/mol. The lowest BCUT2D eigenvalue weighted by Gasteiger charge is -2.36. The molecule has 1 aromatic carbocycles. The summed E-state index contributed by atoms with van der Waals surface area (Å²) in [5.74, 6) is -0.362. The van der Waals surface area contributed by atoms with Crippen molar-refractivity contribution in [2.45, 2.75) is 38.3 Å². The molecule has 0 radical (unpaired) electrons. The van der Waals surface area contributed by atoms with Crippen LogP contribution in [0.4, 0.5) is 14.6 Å². The van der Waals surface area contributed by atoms with Crippen LogP contribution in [0.25, 0.3) is 32.9 Å². The first-order valence-electron chi connectivity index (χ1n) is 15.9. The number of piperazine rings is 1. The SMILES string of the molecule is C/C(=C\CF)C(=O)N1CCN(c2nc(OCCCN3C[C@@H]4C[C@@]3(C)CO4)nc3c(F)c(-c4cncc5cccc(Cl)c45)ncc23)CC1. The second-order valence-corrected chi connectivity index (χ2v) is 13.0. The molecule has 0 N–H and O–H groups in total. The monoisotopic (exact) mass is 663 g/mol. The number of hydrogen-bond acceptors (Lipinski definition) is 9. The number of carbonyl (C=O) groups excluding carboxylic acids is 1. The van der Waals surface area contributed by atoms with E-state index >= 15 is 4.39 Å². The number of amides is 1. The van der Waals surface area contributed by atoms with E-state index in [2.05, 4.69) is 26.8 Å². The Hall–Kier alpha value is -4.00. The number of morpholine rings is 1. The fraction of sp³-hybridized carbons (Fsp3) is 0.441. The fourth-order valence-electron chi connectivity index (χ4n) is 6.95. The number of halogens is 3. The molecular formula is C34H36ClF2N7O3. The van der Waals surface area contributed by atoms with Gasteiger partial charge in [-0.25, -0.2) is 8.78 Å². The summed E-state index contributed by atoms with van der Waals surface area (Å²) in [7, 11) is 0. The summed E-state index contributed by atoms with van der Waals surface area (Å²) < 4.78 is 41.3. The normalized spacial score (nSPS) is 21.7. The standard InChI is InChI=1S/C34H36ClF2N7O3/c1-21(7-8-36)32(45)43-12-10-42(11-13-43)31-25-18-39-29(24-17-38-16-22-5-3-6-26(35)27(22)24)28(37)30(25)40-33(41-31)46-14-4-9-44-19-23-15-34(44,2)20-47-23/h3,5-7,16-18,23H,4,8-15,19-20H2,1-2H3/b21-7+/t23-,34-/m0/s1. The van der Waals surface area contributed by atoms with Crippen molar-refractivity contribution in [3.8, 4) is 17.3 Å². The number of aromatic nitrogens is 4. The highest BCUT2D eigenvalue weighted by Gasteiger charge is 2.48. The van der Waals surface area contributed by atoms with Gasteiger partial charge in [0, 0.05) is 90.3 Å². The lowest BCUT2D eigenvalue weighted by Crippen LogP contribution is -2.49. The number of benzene rings is 1. The van der Waals surface area contributed by atoms with Crippen LogP contribution in [0, 0.1) is 5.82 Å². The molecule has 0 spiro atoms. The van der Waals surface area contributed by atoms with E-state index in [4.69, 9.17) is 26.1 Å². The summed E-state index contributed by atoms with van der Waals surface area (Å²) in [5, 5.41) is 2.30. The van der Waals surface area contributed by atoms with Crippen LogP contribution in [-0.2, 0) is 9.53 Å². The molecule has 2 atom stereocenters. The molecule has 13 heteroatoms. The van der Waals surface area contributed by atoms with Gasteiger partial charge in [-0.3, -0.25) is 19.7 Å². The topological polar surface area (TPSA) is 96.8 Å². The molecule has 0 aliphatic carbocycles. The Morgan fingerprint density at radius 3 is 2.77 bits per heavy atom. The van der Waals surface area contributed by atoms with Crippen LogP contribution >= 0.6 is 11.6 Å². The van der Waals surface area contributed by atoms with Crippen LogP contribution in [-0.4, -0.2) is 106 Å². The number of pyridine rings is 2. The highest BCUT2D eigenvalue weighted by molar-refractivity contribution is 6.36. The van der Waals surface area contributed by atoms with E-state index in [1.807, 2.05) is 17.0 Å². The second kappa shape index (κ2) is 12.9. The number of alkyl halides is 1. The molecule has 0 unspecified atom stereocenters. The van der Waals surface area contributed by atoms with Crippen LogP contribution in [0.2, 0.25) is 5.02 Å². The van der Waals surface area contributed by atoms with Gasteiger partial charge in [0.15, 0.2) is 5.82 Å². The molecule has 7 rings (SSSR count). The lowest BCUT2D eigenvalue weighted by molar-refractivity contribution is -0.127. The van der Waals surface area contributed by atoms with Crippen molar-refractivity contribution in [3.63, 3.8) is 0 Å². The third-order valence-corrected chi connectivity index (χ3v) is 9.82. The first-order valence-corrected chi connectivity index (χ1v) is 16.3. The molecule has 3 fully saturated rings. The number of rotatable bonds is 9. The largest absolute Gasteiger partial charge is 0.463 e. The molecule has 1 amide bonds. The number of fused-ring (bicyclic) bond motifs is 4. The summed E-state index contributed by atoms with van der Waals surface area (Å²) in [6, 6.07) is 5.49. The van der Waals surface area contributed by atoms with Crippen molar-refractivity contribution >= 4 is 45.0 Å². The summed E-state index contributed by atoms with van der Waals surface area (Å²) >= 11 is 6.56. The van der Waals surface area contributed by atoms with E-state index in [0.29, 0.717) is 71.6 Å². The Morgan fingerprint density at radius 1 is 1.19 bits per heavy atom. The maximum Gasteiger partial charge on any atom is 0.319 e. The Balaban J connectivity index is 1.20. The predicted octanol–water partition coefficient (Wildman–Crippen LogP) is 5.23. The van der Waals surface area contributed by atoms with Crippen molar-refractivity contribution in [3.05, 3.63) is 59.3 Å². The van der Waals surface area contributed by atoms with Gasteiger partial charge in [0.05, 0.1) is 24.7 Å². The van der Waals surface area contributed by atoms with Crippen LogP contribution in [0.3, 0.4) is 0 Å². The Kier molecular flexibility index (Phi) is 8.67. The summed E-state index contributed by atoms with van der Waals surface area (Å²) in [6.07, 6.45) is 8.16. The smallest absolute Gasteiger partial charge is 0.319 e. The van der Waals surface area contributed by atoms with Crippen LogP contribution in [0.1, 0.15) is 26.7 Å². The number of nitrogens with zero attached hydrogens (tertiary/aromatic N) is 7. The molecule has 0 saturated carbocycles. The molecule has 3 aromatic heterocycles. The number of likely N-dealkylation sites (tertiary alicyclic amines) is 1. The minimum Gasteiger partial charge on any atom is -0.463 e. The number of carbonyl (C=O) groups is 1. The van der Waals surface area contributed by atoms with Gasteiger partial charge in [-0.2, -0.15) is 9.97 Å². The third kappa shape index (κ3) is 5.98. The van der Waals surface area contributed by atoms with Gasteiger partial charge in [0.25, 0.3) is 0 Å². The zero-order valence-corrected chi connectivity index (χ0v) is 27.1. The second-order valence-electron chi connectivity index (χ2n) is 12.6. The van der Waals surface area contributed by atoms with Crippen molar-refractivity contribution in [2.24, 2.45) is 0 Å². The Morgan fingerprint density at radius 2 is 2.02 bits per heavy atom. The van der Waals surface area contributed by atoms with Gasteiger partial charge in [0.1, 0.15) is 23.7 Å². The van der Waals surface area contributed by atoms with Gasteiger partial charge in [-0.1, -0.05) is 23.7 Å². The summed E-state index contributed by atoms with van der Waals surface area (Å²) in [5.41, 5.74) is 1.03. The molecule has 3 aliphatic heterocycles. The maximum atomic E-state index is 16.6. The molecule has 246 valence electrons. The highest BCUT2D eigenvalue weighted by Crippen LogP contribution is 2.38. The van der Waals surface area contributed by atoms with E-state index in [0.717, 1.165) is 37.9 Å². The van der Waals surface area contributed by atoms with Gasteiger partial charge in [-0.15, -0.1) is 0 Å². The molecule has 47 heavy (non-hydrogen) atoms. The summed E-state index contributed by atoms with van der Waals surface area (Å²) in [6.45, 7) is 7.67. The van der Waals surface area contributed by atoms with E-state index in [1.165, 1.54) is 6.08 Å². The Labute approximate surface area is 276 Å². The first-order chi connectivity index (χ1) is 22.8. The molecule has 3 aliphatic rings. The van der Waals surface area contributed by atoms with Crippen LogP contribution in [0.15, 0.2) is 48.4 Å². The Bertz CT molecular complexity index is 1860. The van der Waals surface area contributed by atoms with Crippen LogP contribution < -0.4 is 9.64 Å². The van der Waals surface area contributed by atoms with Crippen molar-refractivity contribution in [1.82, 2.24) is 29.7 Å².